The molecule has 0 bridgehead atoms. The van der Waals surface area contributed by atoms with Crippen LogP contribution in [0.5, 0.6) is 5.75 Å². The number of benzene rings is 2. The van der Waals surface area contributed by atoms with Crippen LogP contribution in [0.3, 0.4) is 0 Å². The second kappa shape index (κ2) is 7.16. The fourth-order valence-corrected chi connectivity index (χ4v) is 2.84. The third-order valence-corrected chi connectivity index (χ3v) is 4.29. The zero-order valence-corrected chi connectivity index (χ0v) is 15.7. The first-order chi connectivity index (χ1) is 12.4. The Hall–Kier alpha value is -2.88. The molecule has 0 spiro atoms. The van der Waals surface area contributed by atoms with E-state index in [1.54, 1.807) is 6.20 Å². The second-order valence-electron chi connectivity index (χ2n) is 7.23. The standard InChI is InChI=1S/C22H24N2O2/c1-5-26-19-13-12-18(17-7-6-14-23-20(17)19)24-21(25)15-8-10-16(11-9-15)22(2,3)4/h6-14H,5H2,1-4H3,(H,24,25). The van der Waals surface area contributed by atoms with E-state index in [1.807, 2.05) is 55.5 Å². The average Bonchev–Trinajstić information content (AvgIpc) is 2.63. The van der Waals surface area contributed by atoms with E-state index in [9.17, 15) is 4.79 Å². The van der Waals surface area contributed by atoms with Crippen molar-refractivity contribution in [1.82, 2.24) is 4.98 Å². The number of nitrogens with one attached hydrogen (secondary N) is 1. The van der Waals surface area contributed by atoms with Gasteiger partial charge in [0, 0.05) is 17.1 Å². The number of amides is 1. The summed E-state index contributed by atoms with van der Waals surface area (Å²) in [6.07, 6.45) is 1.72. The van der Waals surface area contributed by atoms with Gasteiger partial charge in [-0.3, -0.25) is 9.78 Å². The lowest BCUT2D eigenvalue weighted by molar-refractivity contribution is 0.102. The molecular weight excluding hydrogens is 324 g/mol. The number of carbonyl (C=O) groups is 1. The molecule has 0 atom stereocenters. The minimum atomic E-state index is -0.139. The maximum absolute atomic E-state index is 12.7. The van der Waals surface area contributed by atoms with Gasteiger partial charge in [-0.2, -0.15) is 0 Å². The third kappa shape index (κ3) is 3.69. The van der Waals surface area contributed by atoms with E-state index in [4.69, 9.17) is 4.74 Å². The predicted octanol–water partition coefficient (Wildman–Crippen LogP) is 5.18. The van der Waals surface area contributed by atoms with E-state index < -0.39 is 0 Å². The van der Waals surface area contributed by atoms with Gasteiger partial charge in [-0.05, 0) is 54.3 Å². The summed E-state index contributed by atoms with van der Waals surface area (Å²) in [6.45, 7) is 8.96. The summed E-state index contributed by atoms with van der Waals surface area (Å²) in [6, 6.07) is 15.2. The van der Waals surface area contributed by atoms with Gasteiger partial charge in [-0.1, -0.05) is 32.9 Å². The molecule has 1 N–H and O–H groups in total. The minimum absolute atomic E-state index is 0.0615. The fourth-order valence-electron chi connectivity index (χ4n) is 2.84. The molecular formula is C22H24N2O2. The second-order valence-corrected chi connectivity index (χ2v) is 7.23. The van der Waals surface area contributed by atoms with Gasteiger partial charge < -0.3 is 10.1 Å². The Morgan fingerprint density at radius 3 is 2.46 bits per heavy atom. The first-order valence-electron chi connectivity index (χ1n) is 8.82. The largest absolute Gasteiger partial charge is 0.492 e. The van der Waals surface area contributed by atoms with Gasteiger partial charge >= 0.3 is 0 Å². The monoisotopic (exact) mass is 348 g/mol. The summed E-state index contributed by atoms with van der Waals surface area (Å²) in [4.78, 5) is 17.1. The van der Waals surface area contributed by atoms with Gasteiger partial charge in [-0.25, -0.2) is 0 Å². The molecule has 26 heavy (non-hydrogen) atoms. The van der Waals surface area contributed by atoms with Crippen molar-refractivity contribution in [3.05, 3.63) is 65.9 Å². The van der Waals surface area contributed by atoms with Crippen LogP contribution < -0.4 is 10.1 Å². The highest BCUT2D eigenvalue weighted by Crippen LogP contribution is 2.30. The molecule has 1 aromatic heterocycles. The van der Waals surface area contributed by atoms with Gasteiger partial charge in [0.2, 0.25) is 0 Å². The Balaban J connectivity index is 1.89. The average molecular weight is 348 g/mol. The number of pyridine rings is 1. The SMILES string of the molecule is CCOc1ccc(NC(=O)c2ccc(C(C)(C)C)cc2)c2cccnc12. The van der Waals surface area contributed by atoms with Crippen molar-refractivity contribution in [2.24, 2.45) is 0 Å². The van der Waals surface area contributed by atoms with Gasteiger partial charge in [-0.15, -0.1) is 0 Å². The summed E-state index contributed by atoms with van der Waals surface area (Å²) in [5.41, 5.74) is 3.36. The van der Waals surface area contributed by atoms with Crippen LogP contribution in [-0.4, -0.2) is 17.5 Å². The highest BCUT2D eigenvalue weighted by atomic mass is 16.5. The molecule has 0 aliphatic heterocycles. The van der Waals surface area contributed by atoms with Crippen LogP contribution in [0.25, 0.3) is 10.9 Å². The fraction of sp³-hybridized carbons (Fsp3) is 0.273. The van der Waals surface area contributed by atoms with Crippen LogP contribution in [0.2, 0.25) is 0 Å². The molecule has 4 heteroatoms. The van der Waals surface area contributed by atoms with Crippen LogP contribution in [0, 0.1) is 0 Å². The summed E-state index contributed by atoms with van der Waals surface area (Å²) in [7, 11) is 0. The van der Waals surface area contributed by atoms with Crippen LogP contribution in [0.1, 0.15) is 43.6 Å². The van der Waals surface area contributed by atoms with Crippen molar-refractivity contribution in [1.29, 1.82) is 0 Å². The zero-order valence-electron chi connectivity index (χ0n) is 15.7. The van der Waals surface area contributed by atoms with Crippen LogP contribution in [-0.2, 0) is 5.41 Å². The molecule has 1 amide bonds. The van der Waals surface area contributed by atoms with Crippen LogP contribution in [0.4, 0.5) is 5.69 Å². The number of ether oxygens (including phenoxy) is 1. The number of hydrogen-bond acceptors (Lipinski definition) is 3. The highest BCUT2D eigenvalue weighted by Gasteiger charge is 2.15. The number of nitrogens with zero attached hydrogens (tertiary/aromatic N) is 1. The molecule has 0 saturated carbocycles. The van der Waals surface area contributed by atoms with Crippen molar-refractivity contribution in [3.8, 4) is 5.75 Å². The Kier molecular flexibility index (Phi) is 4.94. The molecule has 134 valence electrons. The van der Waals surface area contributed by atoms with Crippen LogP contribution >= 0.6 is 0 Å². The number of anilines is 1. The van der Waals surface area contributed by atoms with E-state index in [-0.39, 0.29) is 11.3 Å². The van der Waals surface area contributed by atoms with Gasteiger partial charge in [0.1, 0.15) is 11.3 Å². The maximum Gasteiger partial charge on any atom is 0.255 e. The Labute approximate surface area is 154 Å². The lowest BCUT2D eigenvalue weighted by atomic mass is 9.87. The number of fused-ring (bicyclic) bond motifs is 1. The smallest absolute Gasteiger partial charge is 0.255 e. The quantitative estimate of drug-likeness (QED) is 0.706. The number of hydrogen-bond donors (Lipinski definition) is 1. The molecule has 3 aromatic rings. The molecule has 3 rings (SSSR count). The van der Waals surface area contributed by atoms with E-state index in [2.05, 4.69) is 31.1 Å². The first-order valence-corrected chi connectivity index (χ1v) is 8.82. The number of rotatable bonds is 4. The lowest BCUT2D eigenvalue weighted by Gasteiger charge is -2.19. The van der Waals surface area contributed by atoms with E-state index in [1.165, 1.54) is 5.56 Å². The molecule has 0 saturated heterocycles. The predicted molar refractivity (Wildman–Crippen MR) is 106 cm³/mol. The summed E-state index contributed by atoms with van der Waals surface area (Å²) in [5.74, 6) is 0.579. The van der Waals surface area contributed by atoms with Gasteiger partial charge in [0.15, 0.2) is 0 Å². The third-order valence-electron chi connectivity index (χ3n) is 4.29. The minimum Gasteiger partial charge on any atom is -0.492 e. The summed E-state index contributed by atoms with van der Waals surface area (Å²) >= 11 is 0. The molecule has 1 heterocycles. The van der Waals surface area contributed by atoms with Crippen molar-refractivity contribution >= 4 is 22.5 Å². The zero-order chi connectivity index (χ0) is 18.7. The molecule has 0 radical (unpaired) electrons. The number of carbonyl (C=O) groups excluding carboxylic acids is 1. The van der Waals surface area contributed by atoms with Gasteiger partial charge in [0.25, 0.3) is 5.91 Å². The molecule has 0 aliphatic rings. The van der Waals surface area contributed by atoms with Crippen LogP contribution in [0.15, 0.2) is 54.7 Å². The number of aromatic nitrogens is 1. The topological polar surface area (TPSA) is 51.2 Å². The summed E-state index contributed by atoms with van der Waals surface area (Å²) < 4.78 is 5.63. The Bertz CT molecular complexity index is 925. The Morgan fingerprint density at radius 2 is 1.81 bits per heavy atom. The normalized spacial score (nSPS) is 11.4. The van der Waals surface area contributed by atoms with Crippen molar-refractivity contribution in [2.45, 2.75) is 33.1 Å². The molecule has 0 unspecified atom stereocenters. The first kappa shape index (κ1) is 17.9. The molecule has 2 aromatic carbocycles. The highest BCUT2D eigenvalue weighted by molar-refractivity contribution is 6.09. The van der Waals surface area contributed by atoms with Crippen molar-refractivity contribution < 1.29 is 9.53 Å². The lowest BCUT2D eigenvalue weighted by Crippen LogP contribution is -2.14. The van der Waals surface area contributed by atoms with E-state index >= 15 is 0 Å². The molecule has 0 aliphatic carbocycles. The maximum atomic E-state index is 12.7. The molecule has 4 nitrogen and oxygen atoms in total. The Morgan fingerprint density at radius 1 is 1.08 bits per heavy atom. The van der Waals surface area contributed by atoms with E-state index in [0.29, 0.717) is 12.2 Å². The van der Waals surface area contributed by atoms with Crippen molar-refractivity contribution in [3.63, 3.8) is 0 Å². The van der Waals surface area contributed by atoms with E-state index in [0.717, 1.165) is 22.3 Å². The molecule has 0 fully saturated rings. The van der Waals surface area contributed by atoms with Crippen molar-refractivity contribution in [2.75, 3.05) is 11.9 Å². The van der Waals surface area contributed by atoms with Gasteiger partial charge in [0.05, 0.1) is 12.3 Å². The summed E-state index contributed by atoms with van der Waals surface area (Å²) in [5, 5.41) is 3.85.